The monoisotopic (exact) mass is 304 g/mol. The van der Waals surface area contributed by atoms with Gasteiger partial charge in [0.2, 0.25) is 5.95 Å². The Labute approximate surface area is 133 Å². The Hall–Kier alpha value is -3.41. The maximum atomic E-state index is 7.58. The van der Waals surface area contributed by atoms with Crippen LogP contribution in [0.25, 0.3) is 11.1 Å². The predicted octanol–water partition coefficient (Wildman–Crippen LogP) is 3.05. The van der Waals surface area contributed by atoms with Crippen LogP contribution in [0, 0.1) is 5.41 Å². The van der Waals surface area contributed by atoms with Gasteiger partial charge in [-0.15, -0.1) is 0 Å². The van der Waals surface area contributed by atoms with Crippen molar-refractivity contribution in [2.24, 2.45) is 0 Å². The molecule has 0 saturated heterocycles. The van der Waals surface area contributed by atoms with Gasteiger partial charge in [0.1, 0.15) is 5.82 Å². The molecule has 1 heterocycles. The number of rotatable bonds is 4. The van der Waals surface area contributed by atoms with Crippen molar-refractivity contribution >= 4 is 29.4 Å². The molecular weight excluding hydrogens is 288 g/mol. The first kappa shape index (κ1) is 14.5. The van der Waals surface area contributed by atoms with Crippen LogP contribution in [0.4, 0.5) is 23.1 Å². The van der Waals surface area contributed by atoms with E-state index in [1.165, 1.54) is 6.21 Å². The fraction of sp³-hybridized carbons (Fsp3) is 0. The Kier molecular flexibility index (Phi) is 3.88. The summed E-state index contributed by atoms with van der Waals surface area (Å²) in [7, 11) is 0. The van der Waals surface area contributed by atoms with Crippen LogP contribution in [0.5, 0.6) is 0 Å². The van der Waals surface area contributed by atoms with Gasteiger partial charge in [-0.2, -0.15) is 4.98 Å². The lowest BCUT2D eigenvalue weighted by Crippen LogP contribution is -2.02. The lowest BCUT2D eigenvalue weighted by Gasteiger charge is -2.13. The van der Waals surface area contributed by atoms with Gasteiger partial charge in [-0.3, -0.25) is 0 Å². The van der Waals surface area contributed by atoms with E-state index in [-0.39, 0.29) is 5.95 Å². The molecule has 0 unspecified atom stereocenters. The lowest BCUT2D eigenvalue weighted by molar-refractivity contribution is 1.18. The number of nitrogen functional groups attached to an aromatic ring is 2. The highest BCUT2D eigenvalue weighted by Gasteiger charge is 2.09. The van der Waals surface area contributed by atoms with Crippen LogP contribution < -0.4 is 16.8 Å². The van der Waals surface area contributed by atoms with Gasteiger partial charge in [0.05, 0.1) is 0 Å². The zero-order chi connectivity index (χ0) is 16.2. The van der Waals surface area contributed by atoms with Crippen molar-refractivity contribution in [2.75, 3.05) is 16.8 Å². The molecule has 0 aliphatic heterocycles. The summed E-state index contributed by atoms with van der Waals surface area (Å²) in [5.41, 5.74) is 15.6. The molecule has 1 aromatic heterocycles. The molecule has 23 heavy (non-hydrogen) atoms. The van der Waals surface area contributed by atoms with Crippen molar-refractivity contribution < 1.29 is 0 Å². The highest BCUT2D eigenvalue weighted by Crippen LogP contribution is 2.32. The highest BCUT2D eigenvalue weighted by molar-refractivity contribution is 5.95. The van der Waals surface area contributed by atoms with Crippen molar-refractivity contribution in [3.8, 4) is 11.1 Å². The first-order chi connectivity index (χ1) is 11.2. The van der Waals surface area contributed by atoms with E-state index in [1.54, 1.807) is 18.3 Å². The fourth-order valence-corrected chi connectivity index (χ4v) is 2.32. The van der Waals surface area contributed by atoms with E-state index in [0.29, 0.717) is 17.1 Å². The topological polar surface area (TPSA) is 114 Å². The third kappa shape index (κ3) is 3.11. The molecule has 3 aromatic rings. The second-order valence-corrected chi connectivity index (χ2v) is 4.96. The van der Waals surface area contributed by atoms with Crippen LogP contribution in [-0.2, 0) is 0 Å². The first-order valence-electron chi connectivity index (χ1n) is 7.02. The largest absolute Gasteiger partial charge is 0.398 e. The first-order valence-corrected chi connectivity index (χ1v) is 7.02. The van der Waals surface area contributed by atoms with Gasteiger partial charge < -0.3 is 22.2 Å². The predicted molar refractivity (Wildman–Crippen MR) is 93.9 cm³/mol. The second-order valence-electron chi connectivity index (χ2n) is 4.96. The van der Waals surface area contributed by atoms with Gasteiger partial charge in [-0.1, -0.05) is 30.3 Å². The molecule has 0 bridgehead atoms. The maximum Gasteiger partial charge on any atom is 0.221 e. The summed E-state index contributed by atoms with van der Waals surface area (Å²) in [4.78, 5) is 7.98. The number of hydrogen-bond acceptors (Lipinski definition) is 6. The Bertz CT molecular complexity index is 845. The maximum absolute atomic E-state index is 7.58. The quantitative estimate of drug-likeness (QED) is 0.437. The van der Waals surface area contributed by atoms with Crippen molar-refractivity contribution in [3.63, 3.8) is 0 Å². The molecule has 6 heteroatoms. The van der Waals surface area contributed by atoms with Crippen LogP contribution in [0.15, 0.2) is 54.7 Å². The molecule has 0 fully saturated rings. The lowest BCUT2D eigenvalue weighted by atomic mass is 9.99. The number of hydrogen-bond donors (Lipinski definition) is 4. The molecule has 0 amide bonds. The van der Waals surface area contributed by atoms with Crippen LogP contribution in [0.2, 0.25) is 0 Å². The molecule has 0 spiro atoms. The average molecular weight is 304 g/mol. The molecule has 6 nitrogen and oxygen atoms in total. The number of benzene rings is 2. The zero-order valence-electron chi connectivity index (χ0n) is 12.3. The number of nitrogens with zero attached hydrogens (tertiary/aromatic N) is 2. The summed E-state index contributed by atoms with van der Waals surface area (Å²) in [5, 5.41) is 10.7. The van der Waals surface area contributed by atoms with Gasteiger partial charge >= 0.3 is 0 Å². The Balaban J connectivity index is 2.06. The average Bonchev–Trinajstić information content (AvgIpc) is 2.57. The number of nitrogens with one attached hydrogen (secondary N) is 2. The summed E-state index contributed by atoms with van der Waals surface area (Å²) < 4.78 is 0. The molecule has 6 N–H and O–H groups in total. The van der Waals surface area contributed by atoms with Crippen LogP contribution in [0.1, 0.15) is 5.56 Å². The minimum Gasteiger partial charge on any atom is -0.398 e. The summed E-state index contributed by atoms with van der Waals surface area (Å²) in [6, 6.07) is 15.2. The van der Waals surface area contributed by atoms with Crippen LogP contribution in [0.3, 0.4) is 0 Å². The fourth-order valence-electron chi connectivity index (χ4n) is 2.32. The molecule has 3 rings (SSSR count). The number of nitrogens with two attached hydrogens (primary N) is 2. The van der Waals surface area contributed by atoms with E-state index >= 15 is 0 Å². The van der Waals surface area contributed by atoms with E-state index in [2.05, 4.69) is 15.3 Å². The molecule has 0 aliphatic rings. The van der Waals surface area contributed by atoms with Crippen molar-refractivity contribution in [3.05, 3.63) is 60.3 Å². The molecule has 0 atom stereocenters. The van der Waals surface area contributed by atoms with Gasteiger partial charge in [0.15, 0.2) is 0 Å². The van der Waals surface area contributed by atoms with Gasteiger partial charge in [0.25, 0.3) is 0 Å². The third-order valence-corrected chi connectivity index (χ3v) is 3.40. The molecule has 0 aliphatic carbocycles. The highest BCUT2D eigenvalue weighted by atomic mass is 15.1. The van der Waals surface area contributed by atoms with E-state index in [0.717, 1.165) is 16.8 Å². The van der Waals surface area contributed by atoms with Gasteiger partial charge in [-0.25, -0.2) is 4.98 Å². The van der Waals surface area contributed by atoms with Crippen molar-refractivity contribution in [1.82, 2.24) is 9.97 Å². The standard InChI is InChI=1S/C17H16N6/c18-10-12-8-13(22-15-6-7-21-17(20)23-15)9-14(16(12)19)11-4-2-1-3-5-11/h1-10,18H,19H2,(H3,20,21,22,23). The van der Waals surface area contributed by atoms with Gasteiger partial charge in [-0.05, 0) is 23.8 Å². The van der Waals surface area contributed by atoms with Crippen molar-refractivity contribution in [2.45, 2.75) is 0 Å². The molecule has 2 aromatic carbocycles. The summed E-state index contributed by atoms with van der Waals surface area (Å²) in [6.45, 7) is 0. The Morgan fingerprint density at radius 1 is 1.04 bits per heavy atom. The molecule has 114 valence electrons. The summed E-state index contributed by atoms with van der Waals surface area (Å²) in [6.07, 6.45) is 2.82. The molecule has 0 saturated carbocycles. The number of anilines is 4. The zero-order valence-corrected chi connectivity index (χ0v) is 12.3. The van der Waals surface area contributed by atoms with Crippen molar-refractivity contribution in [1.29, 1.82) is 5.41 Å². The minimum atomic E-state index is 0.195. The van der Waals surface area contributed by atoms with E-state index in [4.69, 9.17) is 16.9 Å². The Morgan fingerprint density at radius 2 is 1.83 bits per heavy atom. The summed E-state index contributed by atoms with van der Waals surface area (Å²) >= 11 is 0. The molecular formula is C17H16N6. The number of aromatic nitrogens is 2. The van der Waals surface area contributed by atoms with E-state index in [9.17, 15) is 0 Å². The van der Waals surface area contributed by atoms with E-state index < -0.39 is 0 Å². The smallest absolute Gasteiger partial charge is 0.221 e. The Morgan fingerprint density at radius 3 is 2.52 bits per heavy atom. The normalized spacial score (nSPS) is 10.3. The van der Waals surface area contributed by atoms with E-state index in [1.807, 2.05) is 36.4 Å². The third-order valence-electron chi connectivity index (χ3n) is 3.40. The summed E-state index contributed by atoms with van der Waals surface area (Å²) in [5.74, 6) is 0.776. The van der Waals surface area contributed by atoms with Crippen LogP contribution in [-0.4, -0.2) is 16.2 Å². The minimum absolute atomic E-state index is 0.195. The van der Waals surface area contributed by atoms with Gasteiger partial charge in [0, 0.05) is 34.9 Å². The molecule has 0 radical (unpaired) electrons. The SMILES string of the molecule is N=Cc1cc(Nc2ccnc(N)n2)cc(-c2ccccc2)c1N. The van der Waals surface area contributed by atoms with Crippen LogP contribution >= 0.6 is 0 Å². The second kappa shape index (κ2) is 6.15.